The number of nitrogens with one attached hydrogen (secondary N) is 1. The quantitative estimate of drug-likeness (QED) is 0.450. The van der Waals surface area contributed by atoms with Gasteiger partial charge in [-0.05, 0) is 42.7 Å². The van der Waals surface area contributed by atoms with Crippen molar-refractivity contribution in [1.82, 2.24) is 5.32 Å². The molecule has 0 fully saturated rings. The highest BCUT2D eigenvalue weighted by molar-refractivity contribution is 7.99. The van der Waals surface area contributed by atoms with Crippen LogP contribution in [0.5, 0.6) is 0 Å². The molecule has 0 radical (unpaired) electrons. The van der Waals surface area contributed by atoms with Crippen LogP contribution in [0.15, 0.2) is 54.6 Å². The third-order valence-corrected chi connectivity index (χ3v) is 6.97. The molecule has 152 valence electrons. The minimum Gasteiger partial charge on any atom is -0.396 e. The highest BCUT2D eigenvalue weighted by Gasteiger charge is 2.19. The van der Waals surface area contributed by atoms with Crippen LogP contribution in [0, 0.1) is 0 Å². The van der Waals surface area contributed by atoms with Gasteiger partial charge in [-0.3, -0.25) is 4.79 Å². The fourth-order valence-electron chi connectivity index (χ4n) is 2.86. The SMILES string of the molecule is CSC(CCCO)NC(=O)CC(Cc1ccccc1Cl)SCc1ccccc1. The molecule has 0 saturated heterocycles. The molecule has 0 aliphatic carbocycles. The van der Waals surface area contributed by atoms with E-state index in [9.17, 15) is 4.79 Å². The summed E-state index contributed by atoms with van der Waals surface area (Å²) >= 11 is 9.75. The molecule has 0 heterocycles. The molecule has 2 N–H and O–H groups in total. The number of carbonyl (C=O) groups is 1. The van der Waals surface area contributed by atoms with Gasteiger partial charge in [-0.25, -0.2) is 0 Å². The van der Waals surface area contributed by atoms with Crippen LogP contribution in [0.2, 0.25) is 5.02 Å². The van der Waals surface area contributed by atoms with E-state index in [0.717, 1.165) is 29.2 Å². The molecular formula is C22H28ClNO2S2. The number of hydrogen-bond donors (Lipinski definition) is 2. The van der Waals surface area contributed by atoms with Crippen molar-refractivity contribution in [3.05, 3.63) is 70.7 Å². The van der Waals surface area contributed by atoms with Crippen molar-refractivity contribution in [2.45, 2.75) is 42.1 Å². The Morgan fingerprint density at radius 2 is 1.86 bits per heavy atom. The van der Waals surface area contributed by atoms with E-state index < -0.39 is 0 Å². The maximum absolute atomic E-state index is 12.6. The Balaban J connectivity index is 2.00. The summed E-state index contributed by atoms with van der Waals surface area (Å²) in [7, 11) is 0. The largest absolute Gasteiger partial charge is 0.396 e. The number of carbonyl (C=O) groups excluding carboxylic acids is 1. The fraction of sp³-hybridized carbons (Fsp3) is 0.409. The van der Waals surface area contributed by atoms with Crippen LogP contribution in [-0.2, 0) is 17.0 Å². The Bertz CT molecular complexity index is 715. The number of aliphatic hydroxyl groups excluding tert-OH is 1. The molecule has 6 heteroatoms. The van der Waals surface area contributed by atoms with Gasteiger partial charge in [0.05, 0.1) is 5.37 Å². The van der Waals surface area contributed by atoms with Crippen LogP contribution in [-0.4, -0.2) is 34.5 Å². The first-order valence-electron chi connectivity index (χ1n) is 9.44. The van der Waals surface area contributed by atoms with Crippen molar-refractivity contribution in [3.63, 3.8) is 0 Å². The van der Waals surface area contributed by atoms with Crippen LogP contribution in [0.3, 0.4) is 0 Å². The second kappa shape index (κ2) is 13.2. The standard InChI is InChI=1S/C22H28ClNO2S2/c1-27-22(12-7-13-25)24-21(26)15-19(14-18-10-5-6-11-20(18)23)28-16-17-8-3-2-4-9-17/h2-6,8-11,19,22,25H,7,12-16H2,1H3,(H,24,26). The topological polar surface area (TPSA) is 49.3 Å². The van der Waals surface area contributed by atoms with Crippen molar-refractivity contribution >= 4 is 41.0 Å². The summed E-state index contributed by atoms with van der Waals surface area (Å²) in [5, 5.41) is 13.0. The molecule has 0 spiro atoms. The number of benzene rings is 2. The second-order valence-corrected chi connectivity index (χ2v) is 9.31. The Labute approximate surface area is 181 Å². The van der Waals surface area contributed by atoms with E-state index in [2.05, 4.69) is 17.4 Å². The lowest BCUT2D eigenvalue weighted by Crippen LogP contribution is -2.34. The molecule has 2 rings (SSSR count). The van der Waals surface area contributed by atoms with E-state index in [1.54, 1.807) is 23.5 Å². The molecule has 1 amide bonds. The highest BCUT2D eigenvalue weighted by atomic mass is 35.5. The molecule has 3 nitrogen and oxygen atoms in total. The van der Waals surface area contributed by atoms with Gasteiger partial charge in [0, 0.05) is 29.1 Å². The summed E-state index contributed by atoms with van der Waals surface area (Å²) in [5.74, 6) is 0.912. The highest BCUT2D eigenvalue weighted by Crippen LogP contribution is 2.27. The number of rotatable bonds is 12. The lowest BCUT2D eigenvalue weighted by atomic mass is 10.1. The minimum absolute atomic E-state index is 0.0414. The smallest absolute Gasteiger partial charge is 0.221 e. The zero-order chi connectivity index (χ0) is 20.2. The van der Waals surface area contributed by atoms with E-state index in [-0.39, 0.29) is 23.1 Å². The number of amides is 1. The molecule has 0 aromatic heterocycles. The third-order valence-electron chi connectivity index (χ3n) is 4.38. The van der Waals surface area contributed by atoms with E-state index in [0.29, 0.717) is 12.8 Å². The Morgan fingerprint density at radius 1 is 1.14 bits per heavy atom. The van der Waals surface area contributed by atoms with Crippen molar-refractivity contribution in [2.75, 3.05) is 12.9 Å². The summed E-state index contributed by atoms with van der Waals surface area (Å²) < 4.78 is 0. The number of hydrogen-bond acceptors (Lipinski definition) is 4. The van der Waals surface area contributed by atoms with Crippen LogP contribution >= 0.6 is 35.1 Å². The first-order valence-corrected chi connectivity index (χ1v) is 12.2. The molecule has 0 bridgehead atoms. The van der Waals surface area contributed by atoms with Crippen molar-refractivity contribution in [3.8, 4) is 0 Å². The van der Waals surface area contributed by atoms with Gasteiger partial charge in [0.2, 0.25) is 5.91 Å². The summed E-state index contributed by atoms with van der Waals surface area (Å²) in [6.45, 7) is 0.148. The maximum atomic E-state index is 12.6. The van der Waals surface area contributed by atoms with Crippen LogP contribution in [0.25, 0.3) is 0 Å². The van der Waals surface area contributed by atoms with Crippen molar-refractivity contribution in [1.29, 1.82) is 0 Å². The molecule has 2 aromatic rings. The van der Waals surface area contributed by atoms with Crippen LogP contribution < -0.4 is 5.32 Å². The monoisotopic (exact) mass is 437 g/mol. The predicted molar refractivity (Wildman–Crippen MR) is 123 cm³/mol. The van der Waals surface area contributed by atoms with Crippen molar-refractivity contribution in [2.24, 2.45) is 0 Å². The number of halogens is 1. The molecule has 2 atom stereocenters. The molecule has 28 heavy (non-hydrogen) atoms. The average Bonchev–Trinajstić information content (AvgIpc) is 2.71. The zero-order valence-corrected chi connectivity index (χ0v) is 18.5. The minimum atomic E-state index is 0.0414. The fourth-order valence-corrected chi connectivity index (χ4v) is 4.91. The molecular weight excluding hydrogens is 410 g/mol. The predicted octanol–water partition coefficient (Wildman–Crippen LogP) is 5.15. The second-order valence-electron chi connectivity index (χ2n) is 6.58. The van der Waals surface area contributed by atoms with Gasteiger partial charge in [0.25, 0.3) is 0 Å². The van der Waals surface area contributed by atoms with Gasteiger partial charge >= 0.3 is 0 Å². The van der Waals surface area contributed by atoms with Gasteiger partial charge in [-0.2, -0.15) is 11.8 Å². The van der Waals surface area contributed by atoms with Gasteiger partial charge < -0.3 is 10.4 Å². The Hall–Kier alpha value is -1.14. The number of aliphatic hydroxyl groups is 1. The van der Waals surface area contributed by atoms with E-state index >= 15 is 0 Å². The lowest BCUT2D eigenvalue weighted by Gasteiger charge is -2.20. The number of thioether (sulfide) groups is 2. The lowest BCUT2D eigenvalue weighted by molar-refractivity contribution is -0.121. The van der Waals surface area contributed by atoms with Gasteiger partial charge in [0.1, 0.15) is 0 Å². The first-order chi connectivity index (χ1) is 13.6. The zero-order valence-electron chi connectivity index (χ0n) is 16.1. The van der Waals surface area contributed by atoms with Gasteiger partial charge in [0.15, 0.2) is 0 Å². The normalized spacial score (nSPS) is 13.1. The third kappa shape index (κ3) is 8.48. The molecule has 2 unspecified atom stereocenters. The molecule has 0 aliphatic heterocycles. The summed E-state index contributed by atoms with van der Waals surface area (Å²) in [6, 6.07) is 18.1. The van der Waals surface area contributed by atoms with Gasteiger partial charge in [-0.15, -0.1) is 11.8 Å². The van der Waals surface area contributed by atoms with Gasteiger partial charge in [-0.1, -0.05) is 60.1 Å². The van der Waals surface area contributed by atoms with E-state index in [1.165, 1.54) is 5.56 Å². The Kier molecular flexibility index (Phi) is 10.9. The summed E-state index contributed by atoms with van der Waals surface area (Å²) in [5.41, 5.74) is 2.33. The first kappa shape index (κ1) is 23.1. The molecule has 0 aliphatic rings. The van der Waals surface area contributed by atoms with E-state index in [4.69, 9.17) is 16.7 Å². The molecule has 2 aromatic carbocycles. The van der Waals surface area contributed by atoms with Crippen molar-refractivity contribution < 1.29 is 9.90 Å². The average molecular weight is 438 g/mol. The van der Waals surface area contributed by atoms with E-state index in [1.807, 2.05) is 48.7 Å². The maximum Gasteiger partial charge on any atom is 0.221 e. The summed E-state index contributed by atoms with van der Waals surface area (Å²) in [4.78, 5) is 12.6. The Morgan fingerprint density at radius 3 is 2.54 bits per heavy atom. The molecule has 0 saturated carbocycles. The van der Waals surface area contributed by atoms with Crippen LogP contribution in [0.1, 0.15) is 30.4 Å². The van der Waals surface area contributed by atoms with Crippen LogP contribution in [0.4, 0.5) is 0 Å². The summed E-state index contributed by atoms with van der Waals surface area (Å²) in [6.07, 6.45) is 4.64.